The minimum absolute atomic E-state index is 0.00220. The van der Waals surface area contributed by atoms with Gasteiger partial charge in [-0.3, -0.25) is 9.59 Å². The van der Waals surface area contributed by atoms with E-state index in [9.17, 15) is 14.0 Å². The molecule has 1 aromatic carbocycles. The molecule has 132 valence electrons. The molecule has 0 fully saturated rings. The van der Waals surface area contributed by atoms with Crippen LogP contribution >= 0.6 is 11.6 Å². The minimum atomic E-state index is -0.547. The van der Waals surface area contributed by atoms with Crippen LogP contribution in [0.25, 0.3) is 5.82 Å². The van der Waals surface area contributed by atoms with Gasteiger partial charge in [0, 0.05) is 24.0 Å². The molecule has 0 saturated heterocycles. The molecule has 0 radical (unpaired) electrons. The summed E-state index contributed by atoms with van der Waals surface area (Å²) in [5, 5.41) is 13.5. The molecule has 0 aliphatic carbocycles. The fourth-order valence-electron chi connectivity index (χ4n) is 3.22. The van der Waals surface area contributed by atoms with Gasteiger partial charge in [-0.1, -0.05) is 23.7 Å². The number of H-pyrrole nitrogens is 1. The Morgan fingerprint density at radius 1 is 1.27 bits per heavy atom. The molecule has 9 heteroatoms. The van der Waals surface area contributed by atoms with Crippen molar-refractivity contribution < 1.29 is 9.18 Å². The molecule has 26 heavy (non-hydrogen) atoms. The molecule has 1 atom stereocenters. The van der Waals surface area contributed by atoms with E-state index in [1.54, 1.807) is 19.1 Å². The van der Waals surface area contributed by atoms with Crippen LogP contribution in [0.1, 0.15) is 29.2 Å². The summed E-state index contributed by atoms with van der Waals surface area (Å²) in [4.78, 5) is 23.5. The van der Waals surface area contributed by atoms with Crippen molar-refractivity contribution in [2.75, 3.05) is 5.32 Å². The average Bonchev–Trinajstić information content (AvgIpc) is 2.94. The van der Waals surface area contributed by atoms with Crippen molar-refractivity contribution in [2.45, 2.75) is 19.3 Å². The van der Waals surface area contributed by atoms with Crippen molar-refractivity contribution in [3.63, 3.8) is 0 Å². The number of nitrogens with one attached hydrogen (secondary N) is 2. The minimum Gasteiger partial charge on any atom is -0.310 e. The van der Waals surface area contributed by atoms with E-state index >= 15 is 0 Å². The summed E-state index contributed by atoms with van der Waals surface area (Å²) < 4.78 is 16.0. The highest BCUT2D eigenvalue weighted by Gasteiger charge is 2.34. The lowest BCUT2D eigenvalue weighted by atomic mass is 9.85. The standard InChI is InChI=1S/C17H13ClFN5O2/c1-8-15-10(9-3-2-4-11(18)16(9)19)7-14(26)20-17(15)24(23-8)12-5-6-13(25)22-21-12/h2-6,10H,7H2,1H3,(H,20,26)(H,22,25)/t10-/m1/s1. The van der Waals surface area contributed by atoms with Crippen molar-refractivity contribution >= 4 is 23.3 Å². The number of carbonyl (C=O) groups excluding carboxylic acids is 1. The SMILES string of the molecule is Cc1nn(-c2ccc(=O)[nH]n2)c2c1[C@@H](c1cccc(Cl)c1F)CC(=O)N2. The number of rotatable bonds is 2. The fraction of sp³-hybridized carbons (Fsp3) is 0.176. The van der Waals surface area contributed by atoms with Crippen LogP contribution < -0.4 is 10.9 Å². The number of anilines is 1. The zero-order valence-corrected chi connectivity index (χ0v) is 14.3. The number of fused-ring (bicyclic) bond motifs is 1. The first kappa shape index (κ1) is 16.5. The number of halogens is 2. The van der Waals surface area contributed by atoms with Gasteiger partial charge in [-0.25, -0.2) is 9.49 Å². The Hall–Kier alpha value is -3.00. The van der Waals surface area contributed by atoms with Gasteiger partial charge in [-0.15, -0.1) is 0 Å². The Balaban J connectivity index is 1.91. The predicted octanol–water partition coefficient (Wildman–Crippen LogP) is 2.53. The third-order valence-electron chi connectivity index (χ3n) is 4.34. The van der Waals surface area contributed by atoms with Gasteiger partial charge in [-0.05, 0) is 24.6 Å². The summed E-state index contributed by atoms with van der Waals surface area (Å²) in [7, 11) is 0. The molecule has 1 amide bonds. The highest BCUT2D eigenvalue weighted by atomic mass is 35.5. The Labute approximate surface area is 151 Å². The number of nitrogens with zero attached hydrogens (tertiary/aromatic N) is 3. The lowest BCUT2D eigenvalue weighted by molar-refractivity contribution is -0.116. The van der Waals surface area contributed by atoms with Gasteiger partial charge in [0.1, 0.15) is 11.6 Å². The third kappa shape index (κ3) is 2.59. The second kappa shape index (κ2) is 6.06. The predicted molar refractivity (Wildman–Crippen MR) is 93.2 cm³/mol. The molecule has 1 aliphatic rings. The zero-order valence-electron chi connectivity index (χ0n) is 13.6. The van der Waals surface area contributed by atoms with Gasteiger partial charge < -0.3 is 5.32 Å². The number of aryl methyl sites for hydroxylation is 1. The molecule has 3 aromatic rings. The molecule has 1 aliphatic heterocycles. The number of carbonyl (C=O) groups is 1. The first-order chi connectivity index (χ1) is 12.5. The summed E-state index contributed by atoms with van der Waals surface area (Å²) in [5.41, 5.74) is 1.30. The quantitative estimate of drug-likeness (QED) is 0.722. The monoisotopic (exact) mass is 373 g/mol. The van der Waals surface area contributed by atoms with E-state index in [-0.39, 0.29) is 22.9 Å². The van der Waals surface area contributed by atoms with E-state index in [1.807, 2.05) is 0 Å². The number of hydrogen-bond acceptors (Lipinski definition) is 4. The summed E-state index contributed by atoms with van der Waals surface area (Å²) in [5.74, 6) is -0.598. The maximum atomic E-state index is 14.6. The molecule has 0 spiro atoms. The first-order valence-electron chi connectivity index (χ1n) is 7.85. The van der Waals surface area contributed by atoms with Crippen LogP contribution in [0.4, 0.5) is 10.2 Å². The van der Waals surface area contributed by atoms with E-state index in [2.05, 4.69) is 20.6 Å². The van der Waals surface area contributed by atoms with E-state index in [0.29, 0.717) is 28.5 Å². The molecule has 2 aromatic heterocycles. The summed E-state index contributed by atoms with van der Waals surface area (Å²) in [6.45, 7) is 1.77. The highest BCUT2D eigenvalue weighted by Crippen LogP contribution is 2.41. The average molecular weight is 374 g/mol. The largest absolute Gasteiger partial charge is 0.310 e. The van der Waals surface area contributed by atoms with Gasteiger partial charge >= 0.3 is 0 Å². The van der Waals surface area contributed by atoms with Crippen molar-refractivity contribution in [3.05, 3.63) is 68.3 Å². The number of aromatic amines is 1. The Morgan fingerprint density at radius 3 is 2.81 bits per heavy atom. The molecule has 0 unspecified atom stereocenters. The molecule has 0 saturated carbocycles. The molecular weight excluding hydrogens is 361 g/mol. The van der Waals surface area contributed by atoms with Crippen molar-refractivity contribution in [3.8, 4) is 5.82 Å². The Morgan fingerprint density at radius 2 is 2.08 bits per heavy atom. The lowest BCUT2D eigenvalue weighted by Gasteiger charge is -2.24. The molecule has 2 N–H and O–H groups in total. The maximum absolute atomic E-state index is 14.6. The number of amides is 1. The maximum Gasteiger partial charge on any atom is 0.264 e. The third-order valence-corrected chi connectivity index (χ3v) is 4.63. The number of aromatic nitrogens is 4. The van der Waals surface area contributed by atoms with Gasteiger partial charge in [0.2, 0.25) is 5.91 Å². The van der Waals surface area contributed by atoms with Crippen LogP contribution in [0, 0.1) is 12.7 Å². The van der Waals surface area contributed by atoms with Gasteiger partial charge in [0.15, 0.2) is 5.82 Å². The van der Waals surface area contributed by atoms with Crippen LogP contribution in [0.2, 0.25) is 5.02 Å². The normalized spacial score (nSPS) is 16.3. The van der Waals surface area contributed by atoms with E-state index < -0.39 is 11.7 Å². The Bertz CT molecular complexity index is 1070. The molecular formula is C17H13ClFN5O2. The van der Waals surface area contributed by atoms with E-state index in [4.69, 9.17) is 11.6 Å². The number of benzene rings is 1. The van der Waals surface area contributed by atoms with Crippen LogP contribution in [-0.4, -0.2) is 25.9 Å². The fourth-order valence-corrected chi connectivity index (χ4v) is 3.41. The summed E-state index contributed by atoms with van der Waals surface area (Å²) in [6, 6.07) is 7.52. The van der Waals surface area contributed by atoms with Gasteiger partial charge in [-0.2, -0.15) is 14.9 Å². The van der Waals surface area contributed by atoms with Gasteiger partial charge in [0.25, 0.3) is 5.56 Å². The van der Waals surface area contributed by atoms with Crippen molar-refractivity contribution in [1.82, 2.24) is 20.0 Å². The van der Waals surface area contributed by atoms with E-state index in [0.717, 1.165) is 0 Å². The van der Waals surface area contributed by atoms with Crippen molar-refractivity contribution in [2.24, 2.45) is 0 Å². The topological polar surface area (TPSA) is 92.7 Å². The first-order valence-corrected chi connectivity index (χ1v) is 8.23. The van der Waals surface area contributed by atoms with E-state index in [1.165, 1.54) is 22.9 Å². The summed E-state index contributed by atoms with van der Waals surface area (Å²) >= 11 is 5.91. The highest BCUT2D eigenvalue weighted by molar-refractivity contribution is 6.30. The van der Waals surface area contributed by atoms with Crippen LogP contribution in [0.3, 0.4) is 0 Å². The second-order valence-electron chi connectivity index (χ2n) is 5.99. The zero-order chi connectivity index (χ0) is 18.4. The lowest BCUT2D eigenvalue weighted by Crippen LogP contribution is -2.25. The van der Waals surface area contributed by atoms with Crippen molar-refractivity contribution in [1.29, 1.82) is 0 Å². The Kier molecular flexibility index (Phi) is 3.84. The molecule has 4 rings (SSSR count). The molecule has 0 bridgehead atoms. The van der Waals surface area contributed by atoms with Crippen LogP contribution in [-0.2, 0) is 4.79 Å². The van der Waals surface area contributed by atoms with Crippen LogP contribution in [0.5, 0.6) is 0 Å². The van der Waals surface area contributed by atoms with Crippen LogP contribution in [0.15, 0.2) is 35.1 Å². The molecule has 7 nitrogen and oxygen atoms in total. The smallest absolute Gasteiger partial charge is 0.264 e. The summed E-state index contributed by atoms with van der Waals surface area (Å²) in [6.07, 6.45) is 0.0792. The second-order valence-corrected chi connectivity index (χ2v) is 6.39. The molecule has 3 heterocycles. The number of hydrogen-bond donors (Lipinski definition) is 2. The van der Waals surface area contributed by atoms with Gasteiger partial charge in [0.05, 0.1) is 10.7 Å².